The SMILES string of the molecule is CC(CCCl)CNC(=O)Cc1c(F)cccc1F. The average molecular weight is 276 g/mol. The highest BCUT2D eigenvalue weighted by Gasteiger charge is 2.13. The maximum Gasteiger partial charge on any atom is 0.224 e. The predicted molar refractivity (Wildman–Crippen MR) is 67.6 cm³/mol. The summed E-state index contributed by atoms with van der Waals surface area (Å²) in [5.41, 5.74) is -0.194. The number of rotatable bonds is 6. The maximum absolute atomic E-state index is 13.3. The van der Waals surface area contributed by atoms with Crippen LogP contribution in [0.2, 0.25) is 0 Å². The number of carbonyl (C=O) groups is 1. The zero-order valence-electron chi connectivity index (χ0n) is 10.2. The molecular weight excluding hydrogens is 260 g/mol. The van der Waals surface area contributed by atoms with Gasteiger partial charge in [-0.3, -0.25) is 4.79 Å². The number of halogens is 3. The van der Waals surface area contributed by atoms with E-state index in [2.05, 4.69) is 5.32 Å². The van der Waals surface area contributed by atoms with Gasteiger partial charge in [0.1, 0.15) is 11.6 Å². The van der Waals surface area contributed by atoms with Crippen LogP contribution in [0.3, 0.4) is 0 Å². The minimum atomic E-state index is -0.695. The summed E-state index contributed by atoms with van der Waals surface area (Å²) in [5.74, 6) is -1.01. The fourth-order valence-corrected chi connectivity index (χ4v) is 1.87. The molecule has 0 heterocycles. The van der Waals surface area contributed by atoms with E-state index in [1.807, 2.05) is 6.92 Å². The first kappa shape index (κ1) is 14.9. The number of benzene rings is 1. The third-order valence-corrected chi connectivity index (χ3v) is 2.87. The second kappa shape index (κ2) is 7.31. The number of carbonyl (C=O) groups excluding carboxylic acids is 1. The number of nitrogens with one attached hydrogen (secondary N) is 1. The molecule has 1 rings (SSSR count). The van der Waals surface area contributed by atoms with Crippen molar-refractivity contribution < 1.29 is 13.6 Å². The Morgan fingerprint density at radius 2 is 2.00 bits per heavy atom. The molecule has 0 fully saturated rings. The molecule has 0 bridgehead atoms. The van der Waals surface area contributed by atoms with E-state index in [1.54, 1.807) is 0 Å². The summed E-state index contributed by atoms with van der Waals surface area (Å²) in [6.07, 6.45) is 0.502. The first-order valence-corrected chi connectivity index (χ1v) is 6.33. The minimum Gasteiger partial charge on any atom is -0.356 e. The lowest BCUT2D eigenvalue weighted by atomic mass is 10.1. The molecule has 1 unspecified atom stereocenters. The predicted octanol–water partition coefficient (Wildman–Crippen LogP) is 2.89. The van der Waals surface area contributed by atoms with Gasteiger partial charge in [0.05, 0.1) is 6.42 Å². The van der Waals surface area contributed by atoms with Crippen molar-refractivity contribution in [2.24, 2.45) is 5.92 Å². The van der Waals surface area contributed by atoms with Crippen LogP contribution in [-0.2, 0) is 11.2 Å². The fourth-order valence-electron chi connectivity index (χ4n) is 1.50. The van der Waals surface area contributed by atoms with Crippen LogP contribution in [0.5, 0.6) is 0 Å². The third-order valence-electron chi connectivity index (χ3n) is 2.65. The molecule has 0 radical (unpaired) electrons. The smallest absolute Gasteiger partial charge is 0.224 e. The Hall–Kier alpha value is -1.16. The van der Waals surface area contributed by atoms with Crippen molar-refractivity contribution in [3.63, 3.8) is 0 Å². The van der Waals surface area contributed by atoms with Gasteiger partial charge in [0.25, 0.3) is 0 Å². The zero-order chi connectivity index (χ0) is 13.5. The third kappa shape index (κ3) is 4.61. The molecule has 1 N–H and O–H groups in total. The second-order valence-corrected chi connectivity index (χ2v) is 4.64. The number of hydrogen-bond acceptors (Lipinski definition) is 1. The molecule has 0 aliphatic rings. The summed E-state index contributed by atoms with van der Waals surface area (Å²) >= 11 is 5.57. The first-order valence-electron chi connectivity index (χ1n) is 5.80. The largest absolute Gasteiger partial charge is 0.356 e. The maximum atomic E-state index is 13.3. The molecule has 1 aromatic rings. The second-order valence-electron chi connectivity index (χ2n) is 4.26. The molecule has 1 atom stereocenters. The van der Waals surface area contributed by atoms with E-state index in [0.717, 1.165) is 18.6 Å². The van der Waals surface area contributed by atoms with Gasteiger partial charge in [-0.1, -0.05) is 13.0 Å². The topological polar surface area (TPSA) is 29.1 Å². The summed E-state index contributed by atoms with van der Waals surface area (Å²) in [7, 11) is 0. The van der Waals surface area contributed by atoms with Crippen molar-refractivity contribution in [3.05, 3.63) is 35.4 Å². The van der Waals surface area contributed by atoms with E-state index < -0.39 is 11.6 Å². The summed E-state index contributed by atoms with van der Waals surface area (Å²) in [5, 5.41) is 2.64. The number of hydrogen-bond donors (Lipinski definition) is 1. The Balaban J connectivity index is 2.50. The molecular formula is C13H16ClF2NO. The Morgan fingerprint density at radius 3 is 2.56 bits per heavy atom. The molecule has 100 valence electrons. The van der Waals surface area contributed by atoms with Gasteiger partial charge in [0.2, 0.25) is 5.91 Å². The van der Waals surface area contributed by atoms with E-state index in [-0.39, 0.29) is 23.8 Å². The Morgan fingerprint density at radius 1 is 1.39 bits per heavy atom. The van der Waals surface area contributed by atoms with E-state index in [4.69, 9.17) is 11.6 Å². The monoisotopic (exact) mass is 275 g/mol. The van der Waals surface area contributed by atoms with Crippen molar-refractivity contribution >= 4 is 17.5 Å². The highest BCUT2D eigenvalue weighted by Crippen LogP contribution is 2.12. The summed E-state index contributed by atoms with van der Waals surface area (Å²) in [6.45, 7) is 2.41. The molecule has 1 amide bonds. The van der Waals surface area contributed by atoms with E-state index in [1.165, 1.54) is 6.07 Å². The lowest BCUT2D eigenvalue weighted by Crippen LogP contribution is -2.30. The average Bonchev–Trinajstić information content (AvgIpc) is 2.32. The Kier molecular flexibility index (Phi) is 6.05. The van der Waals surface area contributed by atoms with Crippen molar-refractivity contribution in [2.75, 3.05) is 12.4 Å². The summed E-state index contributed by atoms with van der Waals surface area (Å²) < 4.78 is 26.6. The van der Waals surface area contributed by atoms with Gasteiger partial charge in [-0.05, 0) is 24.5 Å². The molecule has 0 saturated heterocycles. The highest BCUT2D eigenvalue weighted by atomic mass is 35.5. The van der Waals surface area contributed by atoms with E-state index in [9.17, 15) is 13.6 Å². The van der Waals surface area contributed by atoms with Gasteiger partial charge in [-0.15, -0.1) is 11.6 Å². The van der Waals surface area contributed by atoms with Crippen LogP contribution in [0.15, 0.2) is 18.2 Å². The fraction of sp³-hybridized carbons (Fsp3) is 0.462. The molecule has 2 nitrogen and oxygen atoms in total. The Bertz CT molecular complexity index is 392. The van der Waals surface area contributed by atoms with E-state index >= 15 is 0 Å². The van der Waals surface area contributed by atoms with Crippen LogP contribution >= 0.6 is 11.6 Å². The van der Waals surface area contributed by atoms with Crippen LogP contribution in [0.25, 0.3) is 0 Å². The summed E-state index contributed by atoms with van der Waals surface area (Å²) in [6, 6.07) is 3.55. The number of alkyl halides is 1. The summed E-state index contributed by atoms with van der Waals surface area (Å²) in [4.78, 5) is 11.5. The van der Waals surface area contributed by atoms with Crippen molar-refractivity contribution in [2.45, 2.75) is 19.8 Å². The molecule has 1 aromatic carbocycles. The van der Waals surface area contributed by atoms with E-state index in [0.29, 0.717) is 12.4 Å². The van der Waals surface area contributed by atoms with Crippen molar-refractivity contribution in [1.82, 2.24) is 5.32 Å². The Labute approximate surface area is 110 Å². The lowest BCUT2D eigenvalue weighted by molar-refractivity contribution is -0.120. The van der Waals surface area contributed by atoms with Crippen molar-refractivity contribution in [1.29, 1.82) is 0 Å². The van der Waals surface area contributed by atoms with Gasteiger partial charge in [0, 0.05) is 18.0 Å². The van der Waals surface area contributed by atoms with Crippen LogP contribution in [-0.4, -0.2) is 18.3 Å². The molecule has 0 aliphatic heterocycles. The lowest BCUT2D eigenvalue weighted by Gasteiger charge is -2.11. The van der Waals surface area contributed by atoms with Crippen molar-refractivity contribution in [3.8, 4) is 0 Å². The van der Waals surface area contributed by atoms with Crippen LogP contribution in [0.1, 0.15) is 18.9 Å². The van der Waals surface area contributed by atoms with Gasteiger partial charge in [-0.2, -0.15) is 0 Å². The van der Waals surface area contributed by atoms with Crippen LogP contribution < -0.4 is 5.32 Å². The normalized spacial score (nSPS) is 12.2. The molecule has 0 saturated carbocycles. The number of amides is 1. The van der Waals surface area contributed by atoms with Gasteiger partial charge in [-0.25, -0.2) is 8.78 Å². The van der Waals surface area contributed by atoms with Gasteiger partial charge >= 0.3 is 0 Å². The molecule has 5 heteroatoms. The van der Waals surface area contributed by atoms with Crippen LogP contribution in [0.4, 0.5) is 8.78 Å². The highest BCUT2D eigenvalue weighted by molar-refractivity contribution is 6.17. The van der Waals surface area contributed by atoms with Crippen LogP contribution in [0, 0.1) is 17.6 Å². The molecule has 18 heavy (non-hydrogen) atoms. The minimum absolute atomic E-state index is 0.194. The molecule has 0 aromatic heterocycles. The quantitative estimate of drug-likeness (QED) is 0.795. The first-order chi connectivity index (χ1) is 8.54. The standard InChI is InChI=1S/C13H16ClF2NO/c1-9(5-6-14)8-17-13(18)7-10-11(15)3-2-4-12(10)16/h2-4,9H,5-8H2,1H3,(H,17,18). The van der Waals surface area contributed by atoms with Gasteiger partial charge < -0.3 is 5.32 Å². The molecule has 0 aliphatic carbocycles. The molecule has 0 spiro atoms. The zero-order valence-corrected chi connectivity index (χ0v) is 10.9. The van der Waals surface area contributed by atoms with Gasteiger partial charge in [0.15, 0.2) is 0 Å².